The molecular weight excluding hydrogens is 319 g/mol. The standard InChI is InChI=1S/C21H31FO3/c1-4-21(25)10-6-13-17-12(5-9-20(13,21)3)19(2)8-7-15(23)18(22)14(19)11-16(17)24/h1,12-18,23-25H,5-11H2,2-3H3/t12-,13-,14?,15-,16+,17+,18-,19+,20-,21-/m0/s1. The van der Waals surface area contributed by atoms with E-state index in [1.807, 2.05) is 0 Å². The fourth-order valence-corrected chi connectivity index (χ4v) is 7.47. The molecule has 0 bridgehead atoms. The summed E-state index contributed by atoms with van der Waals surface area (Å²) in [5.74, 6) is 2.88. The van der Waals surface area contributed by atoms with Crippen molar-refractivity contribution in [1.29, 1.82) is 0 Å². The number of rotatable bonds is 0. The lowest BCUT2D eigenvalue weighted by molar-refractivity contribution is -0.200. The Kier molecular flexibility index (Phi) is 3.87. The minimum Gasteiger partial charge on any atom is -0.393 e. The molecule has 4 aliphatic carbocycles. The van der Waals surface area contributed by atoms with E-state index in [2.05, 4.69) is 19.8 Å². The van der Waals surface area contributed by atoms with Crippen LogP contribution in [0.5, 0.6) is 0 Å². The second-order valence-corrected chi connectivity index (χ2v) is 9.76. The third kappa shape index (κ3) is 2.10. The van der Waals surface area contributed by atoms with E-state index in [9.17, 15) is 19.7 Å². The van der Waals surface area contributed by atoms with E-state index in [1.54, 1.807) is 0 Å². The molecule has 0 saturated heterocycles. The first kappa shape index (κ1) is 17.8. The van der Waals surface area contributed by atoms with E-state index < -0.39 is 24.0 Å². The molecule has 3 nitrogen and oxygen atoms in total. The fourth-order valence-electron chi connectivity index (χ4n) is 7.47. The minimum absolute atomic E-state index is 0.0739. The van der Waals surface area contributed by atoms with Gasteiger partial charge in [0.25, 0.3) is 0 Å². The van der Waals surface area contributed by atoms with Gasteiger partial charge < -0.3 is 15.3 Å². The number of hydrogen-bond donors (Lipinski definition) is 3. The molecule has 0 radical (unpaired) electrons. The van der Waals surface area contributed by atoms with Crippen molar-refractivity contribution in [3.05, 3.63) is 0 Å². The van der Waals surface area contributed by atoms with Crippen molar-refractivity contribution in [3.63, 3.8) is 0 Å². The van der Waals surface area contributed by atoms with Crippen LogP contribution in [0.3, 0.4) is 0 Å². The molecule has 0 aromatic rings. The summed E-state index contributed by atoms with van der Waals surface area (Å²) in [5, 5.41) is 32.0. The fraction of sp³-hybridized carbons (Fsp3) is 0.905. The van der Waals surface area contributed by atoms with Crippen LogP contribution in [0.15, 0.2) is 0 Å². The second kappa shape index (κ2) is 5.44. The number of alkyl halides is 1. The van der Waals surface area contributed by atoms with Crippen LogP contribution in [0, 0.1) is 46.8 Å². The number of terminal acetylenes is 1. The molecule has 0 aromatic heterocycles. The van der Waals surface area contributed by atoms with E-state index in [-0.39, 0.29) is 34.5 Å². The zero-order valence-corrected chi connectivity index (χ0v) is 15.3. The van der Waals surface area contributed by atoms with Crippen molar-refractivity contribution < 1.29 is 19.7 Å². The molecular formula is C21H31FO3. The first-order valence-electron chi connectivity index (χ1n) is 9.88. The smallest absolute Gasteiger partial charge is 0.130 e. The predicted molar refractivity (Wildman–Crippen MR) is 93.2 cm³/mol. The van der Waals surface area contributed by atoms with Crippen LogP contribution in [0.1, 0.15) is 58.8 Å². The lowest BCUT2D eigenvalue weighted by Crippen LogP contribution is -2.62. The largest absolute Gasteiger partial charge is 0.393 e. The molecule has 3 N–H and O–H groups in total. The quantitative estimate of drug-likeness (QED) is 0.589. The average Bonchev–Trinajstić information content (AvgIpc) is 2.86. The Bertz CT molecular complexity index is 602. The van der Waals surface area contributed by atoms with E-state index in [4.69, 9.17) is 6.42 Å². The molecule has 0 aliphatic heterocycles. The topological polar surface area (TPSA) is 60.7 Å². The minimum atomic E-state index is -1.24. The van der Waals surface area contributed by atoms with Crippen molar-refractivity contribution in [2.45, 2.75) is 82.8 Å². The molecule has 1 unspecified atom stereocenters. The normalized spacial score (nSPS) is 60.9. The van der Waals surface area contributed by atoms with Gasteiger partial charge in [-0.3, -0.25) is 0 Å². The van der Waals surface area contributed by atoms with Gasteiger partial charge in [0.15, 0.2) is 0 Å². The first-order chi connectivity index (χ1) is 11.7. The number of aliphatic hydroxyl groups excluding tert-OH is 2. The Balaban J connectivity index is 1.71. The van der Waals surface area contributed by atoms with Gasteiger partial charge in [0.05, 0.1) is 12.2 Å². The number of hydrogen-bond acceptors (Lipinski definition) is 3. The summed E-state index contributed by atoms with van der Waals surface area (Å²) >= 11 is 0. The van der Waals surface area contributed by atoms with E-state index in [0.29, 0.717) is 19.3 Å². The summed E-state index contributed by atoms with van der Waals surface area (Å²) in [7, 11) is 0. The van der Waals surface area contributed by atoms with E-state index in [0.717, 1.165) is 25.7 Å². The molecule has 4 fully saturated rings. The Morgan fingerprint density at radius 3 is 2.32 bits per heavy atom. The molecule has 10 atom stereocenters. The van der Waals surface area contributed by atoms with Crippen LogP contribution in [-0.2, 0) is 0 Å². The highest BCUT2D eigenvalue weighted by molar-refractivity contribution is 5.24. The van der Waals surface area contributed by atoms with Crippen LogP contribution < -0.4 is 0 Å². The van der Waals surface area contributed by atoms with Crippen LogP contribution in [0.2, 0.25) is 0 Å². The van der Waals surface area contributed by atoms with Gasteiger partial charge in [0.2, 0.25) is 0 Å². The molecule has 0 aromatic carbocycles. The molecule has 4 saturated carbocycles. The predicted octanol–water partition coefficient (Wildman–Crippen LogP) is 2.67. The van der Waals surface area contributed by atoms with E-state index in [1.165, 1.54) is 0 Å². The van der Waals surface area contributed by atoms with Crippen LogP contribution in [0.4, 0.5) is 4.39 Å². The van der Waals surface area contributed by atoms with Crippen LogP contribution in [0.25, 0.3) is 0 Å². The van der Waals surface area contributed by atoms with Crippen molar-refractivity contribution in [2.75, 3.05) is 0 Å². The van der Waals surface area contributed by atoms with Crippen molar-refractivity contribution in [3.8, 4) is 12.3 Å². The maximum atomic E-state index is 14.8. The summed E-state index contributed by atoms with van der Waals surface area (Å²) in [6.07, 6.45) is 7.83. The Labute approximate surface area is 150 Å². The van der Waals surface area contributed by atoms with Gasteiger partial charge in [0, 0.05) is 11.3 Å². The van der Waals surface area contributed by atoms with Gasteiger partial charge in [0.1, 0.15) is 11.8 Å². The van der Waals surface area contributed by atoms with E-state index >= 15 is 0 Å². The van der Waals surface area contributed by atoms with Gasteiger partial charge in [-0.15, -0.1) is 6.42 Å². The van der Waals surface area contributed by atoms with Crippen LogP contribution >= 0.6 is 0 Å². The highest BCUT2D eigenvalue weighted by Crippen LogP contribution is 2.68. The second-order valence-electron chi connectivity index (χ2n) is 9.76. The summed E-state index contributed by atoms with van der Waals surface area (Å²) in [5.41, 5.74) is -1.64. The summed E-state index contributed by atoms with van der Waals surface area (Å²) in [6, 6.07) is 0. The molecule has 0 amide bonds. The molecule has 25 heavy (non-hydrogen) atoms. The van der Waals surface area contributed by atoms with Gasteiger partial charge in [-0.25, -0.2) is 4.39 Å². The van der Waals surface area contributed by atoms with Crippen molar-refractivity contribution in [1.82, 2.24) is 0 Å². The maximum Gasteiger partial charge on any atom is 0.130 e. The highest BCUT2D eigenvalue weighted by atomic mass is 19.1. The molecule has 0 heterocycles. The highest BCUT2D eigenvalue weighted by Gasteiger charge is 2.67. The Hall–Kier alpha value is -0.630. The summed E-state index contributed by atoms with van der Waals surface area (Å²) in [4.78, 5) is 0. The lowest BCUT2D eigenvalue weighted by atomic mass is 9.43. The lowest BCUT2D eigenvalue weighted by Gasteiger charge is -2.62. The zero-order chi connectivity index (χ0) is 18.2. The maximum absolute atomic E-state index is 14.8. The number of halogens is 1. The van der Waals surface area contributed by atoms with Gasteiger partial charge in [-0.1, -0.05) is 19.8 Å². The third-order valence-corrected chi connectivity index (χ3v) is 9.09. The molecule has 4 aliphatic rings. The van der Waals surface area contributed by atoms with Crippen molar-refractivity contribution in [2.24, 2.45) is 34.5 Å². The molecule has 140 valence electrons. The van der Waals surface area contributed by atoms with Gasteiger partial charge >= 0.3 is 0 Å². The van der Waals surface area contributed by atoms with Gasteiger partial charge in [-0.2, -0.15) is 0 Å². The number of aliphatic hydroxyl groups is 3. The average molecular weight is 350 g/mol. The molecule has 0 spiro atoms. The third-order valence-electron chi connectivity index (χ3n) is 9.09. The SMILES string of the molecule is C#C[C@]1(O)CC[C@H]2[C@@H]3[C@H](O)CC4[C@H](F)[C@@H](O)CC[C@]4(C)[C@H]3CC[C@@]21C. The van der Waals surface area contributed by atoms with Crippen LogP contribution in [-0.4, -0.2) is 39.3 Å². The Morgan fingerprint density at radius 2 is 1.64 bits per heavy atom. The monoisotopic (exact) mass is 350 g/mol. The zero-order valence-electron chi connectivity index (χ0n) is 15.3. The van der Waals surface area contributed by atoms with Crippen molar-refractivity contribution >= 4 is 0 Å². The summed E-state index contributed by atoms with van der Waals surface area (Å²) in [6.45, 7) is 4.26. The van der Waals surface area contributed by atoms with Gasteiger partial charge in [-0.05, 0) is 68.1 Å². The molecule has 4 heteroatoms. The Morgan fingerprint density at radius 1 is 0.960 bits per heavy atom. The molecule has 4 rings (SSSR count). The summed E-state index contributed by atoms with van der Waals surface area (Å²) < 4.78 is 14.8. The number of fused-ring (bicyclic) bond motifs is 5. The first-order valence-corrected chi connectivity index (χ1v) is 9.88.